The van der Waals surface area contributed by atoms with E-state index in [1.54, 1.807) is 23.5 Å². The fourth-order valence-corrected chi connectivity index (χ4v) is 2.58. The van der Waals surface area contributed by atoms with Gasteiger partial charge in [-0.05, 0) is 39.5 Å². The van der Waals surface area contributed by atoms with E-state index < -0.39 is 5.54 Å². The summed E-state index contributed by atoms with van der Waals surface area (Å²) in [5, 5.41) is 7.19. The Morgan fingerprint density at radius 3 is 2.89 bits per heavy atom. The van der Waals surface area contributed by atoms with Gasteiger partial charge in [0.05, 0.1) is 12.8 Å². The van der Waals surface area contributed by atoms with E-state index in [2.05, 4.69) is 10.4 Å². The number of ether oxygens (including phenoxy) is 1. The number of nitrogens with one attached hydrogen (secondary N) is 1. The molecule has 6 heteroatoms. The monoisotopic (exact) mass is 285 g/mol. The van der Waals surface area contributed by atoms with Crippen LogP contribution in [0, 0.1) is 0 Å². The number of aromatic nitrogens is 2. The van der Waals surface area contributed by atoms with Crippen LogP contribution in [-0.2, 0) is 16.6 Å². The molecule has 108 valence electrons. The van der Waals surface area contributed by atoms with E-state index in [0.717, 1.165) is 23.5 Å². The van der Waals surface area contributed by atoms with E-state index in [1.165, 1.54) is 0 Å². The van der Waals surface area contributed by atoms with Gasteiger partial charge in [-0.15, -0.1) is 11.8 Å². The Bertz CT molecular complexity index is 408. The van der Waals surface area contributed by atoms with Gasteiger partial charge in [0.25, 0.3) is 0 Å². The molecule has 0 aliphatic heterocycles. The van der Waals surface area contributed by atoms with Crippen molar-refractivity contribution in [2.75, 3.05) is 19.4 Å². The van der Waals surface area contributed by atoms with Crippen LogP contribution in [0.4, 0.5) is 0 Å². The van der Waals surface area contributed by atoms with E-state index in [9.17, 15) is 4.79 Å². The summed E-state index contributed by atoms with van der Waals surface area (Å²) in [6, 6.07) is 0. The highest BCUT2D eigenvalue weighted by Crippen LogP contribution is 2.21. The van der Waals surface area contributed by atoms with Crippen LogP contribution in [0.5, 0.6) is 0 Å². The van der Waals surface area contributed by atoms with Crippen LogP contribution in [0.3, 0.4) is 0 Å². The summed E-state index contributed by atoms with van der Waals surface area (Å²) in [5.74, 6) is 0.784. The number of nitrogens with zero attached hydrogens (tertiary/aromatic N) is 2. The van der Waals surface area contributed by atoms with Gasteiger partial charge in [-0.1, -0.05) is 0 Å². The highest BCUT2D eigenvalue weighted by Gasteiger charge is 2.32. The van der Waals surface area contributed by atoms with Crippen LogP contribution in [-0.4, -0.2) is 40.7 Å². The topological polar surface area (TPSA) is 56.1 Å². The van der Waals surface area contributed by atoms with Crippen LogP contribution < -0.4 is 5.32 Å². The molecule has 0 aliphatic rings. The molecule has 1 aromatic rings. The van der Waals surface area contributed by atoms with E-state index >= 15 is 0 Å². The van der Waals surface area contributed by atoms with Crippen molar-refractivity contribution in [1.29, 1.82) is 0 Å². The molecule has 0 radical (unpaired) electrons. The Hall–Kier alpha value is -1.01. The van der Waals surface area contributed by atoms with E-state index in [-0.39, 0.29) is 5.97 Å². The average Bonchev–Trinajstić information content (AvgIpc) is 2.80. The zero-order valence-electron chi connectivity index (χ0n) is 12.1. The molecule has 0 aromatic carbocycles. The highest BCUT2D eigenvalue weighted by molar-refractivity contribution is 7.99. The second kappa shape index (κ2) is 7.55. The number of thioether (sulfide) groups is 1. The van der Waals surface area contributed by atoms with Crippen LogP contribution in [0.1, 0.15) is 26.7 Å². The smallest absolute Gasteiger partial charge is 0.326 e. The average molecular weight is 285 g/mol. The zero-order valence-corrected chi connectivity index (χ0v) is 12.9. The summed E-state index contributed by atoms with van der Waals surface area (Å²) in [6.45, 7) is 4.13. The number of esters is 1. The number of carbonyl (C=O) groups excluding carboxylic acids is 1. The quantitative estimate of drug-likeness (QED) is 0.449. The Labute approximate surface area is 119 Å². The molecule has 1 aromatic heterocycles. The number of aryl methyl sites for hydroxylation is 1. The minimum absolute atomic E-state index is 0.177. The number of hydrogen-bond donors (Lipinski definition) is 1. The molecule has 0 amide bonds. The molecule has 1 heterocycles. The number of carbonyl (C=O) groups is 1. The molecule has 1 atom stereocenters. The standard InChI is InChI=1S/C13H23N3O2S/c1-5-18-12(17)13(2,14-3)7-6-8-19-11-9-15-16(4)10-11/h9-10,14H,5-8H2,1-4H3. The molecule has 1 rings (SSSR count). The first-order chi connectivity index (χ1) is 9.01. The van der Waals surface area contributed by atoms with Crippen molar-refractivity contribution in [3.63, 3.8) is 0 Å². The Balaban J connectivity index is 2.35. The third kappa shape index (κ3) is 4.87. The molecule has 0 saturated carbocycles. The molecular formula is C13H23N3O2S. The molecular weight excluding hydrogens is 262 g/mol. The molecule has 0 fully saturated rings. The van der Waals surface area contributed by atoms with Crippen molar-refractivity contribution in [2.45, 2.75) is 37.1 Å². The van der Waals surface area contributed by atoms with E-state index in [0.29, 0.717) is 6.61 Å². The van der Waals surface area contributed by atoms with Crippen LogP contribution in [0.15, 0.2) is 17.3 Å². The van der Waals surface area contributed by atoms with Crippen molar-refractivity contribution >= 4 is 17.7 Å². The Morgan fingerprint density at radius 1 is 1.63 bits per heavy atom. The molecule has 0 bridgehead atoms. The minimum atomic E-state index is -0.592. The highest BCUT2D eigenvalue weighted by atomic mass is 32.2. The summed E-state index contributed by atoms with van der Waals surface area (Å²) in [7, 11) is 3.70. The fourth-order valence-electron chi connectivity index (χ4n) is 1.71. The van der Waals surface area contributed by atoms with Crippen LogP contribution in [0.25, 0.3) is 0 Å². The number of likely N-dealkylation sites (N-methyl/N-ethyl adjacent to an activating group) is 1. The first kappa shape index (κ1) is 16.0. The summed E-state index contributed by atoms with van der Waals surface area (Å²) in [4.78, 5) is 13.0. The predicted molar refractivity (Wildman–Crippen MR) is 77.3 cm³/mol. The van der Waals surface area contributed by atoms with Gasteiger partial charge in [0, 0.05) is 18.1 Å². The van der Waals surface area contributed by atoms with Crippen molar-refractivity contribution in [2.24, 2.45) is 7.05 Å². The van der Waals surface area contributed by atoms with Gasteiger partial charge in [0.15, 0.2) is 0 Å². The van der Waals surface area contributed by atoms with Gasteiger partial charge >= 0.3 is 5.97 Å². The lowest BCUT2D eigenvalue weighted by Crippen LogP contribution is -2.48. The lowest BCUT2D eigenvalue weighted by molar-refractivity contribution is -0.150. The van der Waals surface area contributed by atoms with Crippen LogP contribution in [0.2, 0.25) is 0 Å². The normalized spacial score (nSPS) is 14.1. The molecule has 19 heavy (non-hydrogen) atoms. The number of rotatable bonds is 8. The predicted octanol–water partition coefficient (Wildman–Crippen LogP) is 1.83. The SMILES string of the molecule is CCOC(=O)C(C)(CCCSc1cnn(C)c1)NC. The van der Waals surface area contributed by atoms with Crippen molar-refractivity contribution in [1.82, 2.24) is 15.1 Å². The Morgan fingerprint density at radius 2 is 2.37 bits per heavy atom. The third-order valence-corrected chi connectivity index (χ3v) is 4.09. The van der Waals surface area contributed by atoms with Crippen molar-refractivity contribution in [3.8, 4) is 0 Å². The molecule has 0 saturated heterocycles. The van der Waals surface area contributed by atoms with Gasteiger partial charge in [-0.25, -0.2) is 0 Å². The summed E-state index contributed by atoms with van der Waals surface area (Å²) < 4.78 is 6.89. The van der Waals surface area contributed by atoms with Crippen molar-refractivity contribution < 1.29 is 9.53 Å². The van der Waals surface area contributed by atoms with Gasteiger partial charge < -0.3 is 10.1 Å². The summed E-state index contributed by atoms with van der Waals surface area (Å²) in [6.07, 6.45) is 5.55. The maximum atomic E-state index is 11.9. The summed E-state index contributed by atoms with van der Waals surface area (Å²) >= 11 is 1.75. The fraction of sp³-hybridized carbons (Fsp3) is 0.692. The first-order valence-electron chi connectivity index (χ1n) is 6.49. The van der Waals surface area contributed by atoms with E-state index in [1.807, 2.05) is 33.3 Å². The number of hydrogen-bond acceptors (Lipinski definition) is 5. The zero-order chi connectivity index (χ0) is 14.3. The van der Waals surface area contributed by atoms with Gasteiger partial charge in [0.1, 0.15) is 5.54 Å². The molecule has 0 spiro atoms. The lowest BCUT2D eigenvalue weighted by atomic mass is 9.97. The maximum absolute atomic E-state index is 11.9. The minimum Gasteiger partial charge on any atom is -0.465 e. The van der Waals surface area contributed by atoms with Crippen molar-refractivity contribution in [3.05, 3.63) is 12.4 Å². The molecule has 1 N–H and O–H groups in total. The third-order valence-electron chi connectivity index (χ3n) is 3.05. The summed E-state index contributed by atoms with van der Waals surface area (Å²) in [5.41, 5.74) is -0.592. The first-order valence-corrected chi connectivity index (χ1v) is 7.48. The largest absolute Gasteiger partial charge is 0.465 e. The second-order valence-electron chi connectivity index (χ2n) is 4.60. The molecule has 5 nitrogen and oxygen atoms in total. The lowest BCUT2D eigenvalue weighted by Gasteiger charge is -2.26. The van der Waals surface area contributed by atoms with Crippen LogP contribution >= 0.6 is 11.8 Å². The van der Waals surface area contributed by atoms with E-state index in [4.69, 9.17) is 4.74 Å². The van der Waals surface area contributed by atoms with Gasteiger partial charge in [-0.3, -0.25) is 9.48 Å². The van der Waals surface area contributed by atoms with Gasteiger partial charge in [-0.2, -0.15) is 5.10 Å². The molecule has 1 unspecified atom stereocenters. The molecule has 0 aliphatic carbocycles. The Kier molecular flexibility index (Phi) is 6.37. The van der Waals surface area contributed by atoms with Gasteiger partial charge in [0.2, 0.25) is 0 Å². The second-order valence-corrected chi connectivity index (χ2v) is 5.77. The maximum Gasteiger partial charge on any atom is 0.326 e.